The molecule has 0 fully saturated rings. The number of nitrogens with one attached hydrogen (secondary N) is 1. The van der Waals surface area contributed by atoms with Gasteiger partial charge in [0.25, 0.3) is 0 Å². The molecule has 0 amide bonds. The van der Waals surface area contributed by atoms with Crippen molar-refractivity contribution in [3.05, 3.63) is 23.2 Å². The summed E-state index contributed by atoms with van der Waals surface area (Å²) < 4.78 is 26.9. The van der Waals surface area contributed by atoms with E-state index in [9.17, 15) is 8.42 Å². The molecular weight excluding hydrogens is 300 g/mol. The van der Waals surface area contributed by atoms with Crippen LogP contribution in [0.15, 0.2) is 23.1 Å². The SMILES string of the molecule is CC(C)(CCCO)CNS(=O)(=O)c1ccc(N)cc1Cl. The summed E-state index contributed by atoms with van der Waals surface area (Å²) in [4.78, 5) is 0.0197. The number of benzene rings is 1. The van der Waals surface area contributed by atoms with Crippen molar-refractivity contribution in [2.75, 3.05) is 18.9 Å². The minimum Gasteiger partial charge on any atom is -0.399 e. The van der Waals surface area contributed by atoms with Crippen molar-refractivity contribution in [3.63, 3.8) is 0 Å². The molecule has 5 nitrogen and oxygen atoms in total. The summed E-state index contributed by atoms with van der Waals surface area (Å²) in [5.74, 6) is 0. The van der Waals surface area contributed by atoms with Crippen LogP contribution in [-0.4, -0.2) is 26.7 Å². The molecule has 0 heterocycles. The average molecular weight is 321 g/mol. The third-order valence-electron chi connectivity index (χ3n) is 3.00. The highest BCUT2D eigenvalue weighted by atomic mass is 35.5. The molecule has 0 saturated carbocycles. The molecule has 20 heavy (non-hydrogen) atoms. The first kappa shape index (κ1) is 17.2. The number of aliphatic hydroxyl groups excluding tert-OH is 1. The van der Waals surface area contributed by atoms with Gasteiger partial charge in [0.05, 0.1) is 5.02 Å². The average Bonchev–Trinajstić information content (AvgIpc) is 2.34. The lowest BCUT2D eigenvalue weighted by Crippen LogP contribution is -2.34. The lowest BCUT2D eigenvalue weighted by Gasteiger charge is -2.24. The molecule has 0 bridgehead atoms. The Balaban J connectivity index is 2.80. The Morgan fingerprint density at radius 3 is 2.60 bits per heavy atom. The Bertz CT molecular complexity index is 559. The number of rotatable bonds is 7. The van der Waals surface area contributed by atoms with Gasteiger partial charge in [0.1, 0.15) is 4.90 Å². The van der Waals surface area contributed by atoms with Gasteiger partial charge < -0.3 is 10.8 Å². The molecule has 7 heteroatoms. The Morgan fingerprint density at radius 2 is 2.05 bits per heavy atom. The van der Waals surface area contributed by atoms with E-state index in [-0.39, 0.29) is 28.5 Å². The van der Waals surface area contributed by atoms with Crippen molar-refractivity contribution < 1.29 is 13.5 Å². The van der Waals surface area contributed by atoms with Crippen LogP contribution in [-0.2, 0) is 10.0 Å². The molecule has 0 aliphatic heterocycles. The van der Waals surface area contributed by atoms with E-state index in [0.717, 1.165) is 6.42 Å². The number of hydrogen-bond donors (Lipinski definition) is 3. The minimum absolute atomic E-state index is 0.0197. The fourth-order valence-corrected chi connectivity index (χ4v) is 3.54. The molecule has 114 valence electrons. The monoisotopic (exact) mass is 320 g/mol. The van der Waals surface area contributed by atoms with Gasteiger partial charge in [-0.2, -0.15) is 0 Å². The minimum atomic E-state index is -3.67. The smallest absolute Gasteiger partial charge is 0.242 e. The second-order valence-corrected chi connectivity index (χ2v) is 7.65. The number of halogens is 1. The summed E-state index contributed by atoms with van der Waals surface area (Å²) >= 11 is 5.92. The van der Waals surface area contributed by atoms with Gasteiger partial charge in [-0.15, -0.1) is 0 Å². The van der Waals surface area contributed by atoms with Gasteiger partial charge in [-0.05, 0) is 36.5 Å². The maximum Gasteiger partial charge on any atom is 0.242 e. The zero-order chi connectivity index (χ0) is 15.4. The summed E-state index contributed by atoms with van der Waals surface area (Å²) in [6.45, 7) is 4.25. The molecule has 0 aliphatic rings. The van der Waals surface area contributed by atoms with Crippen LogP contribution in [0.25, 0.3) is 0 Å². The lowest BCUT2D eigenvalue weighted by molar-refractivity contribution is 0.242. The molecule has 0 saturated heterocycles. The second-order valence-electron chi connectivity index (χ2n) is 5.51. The number of anilines is 1. The first-order chi connectivity index (χ1) is 9.18. The molecule has 1 rings (SSSR count). The standard InChI is InChI=1S/C13H21ClN2O3S/c1-13(2,6-3-7-17)9-16-20(18,19)12-5-4-10(15)8-11(12)14/h4-5,8,16-17H,3,6-7,9,15H2,1-2H3. The van der Waals surface area contributed by atoms with Gasteiger partial charge in [0, 0.05) is 18.8 Å². The normalized spacial score (nSPS) is 12.6. The van der Waals surface area contributed by atoms with Crippen LogP contribution in [0.4, 0.5) is 5.69 Å². The maximum atomic E-state index is 12.2. The van der Waals surface area contributed by atoms with Gasteiger partial charge in [-0.25, -0.2) is 13.1 Å². The Kier molecular flexibility index (Phi) is 5.82. The number of hydrogen-bond acceptors (Lipinski definition) is 4. The zero-order valence-corrected chi connectivity index (χ0v) is 13.3. The Labute approximate surface area is 125 Å². The predicted octanol–water partition coefficient (Wildman–Crippen LogP) is 2.00. The van der Waals surface area contributed by atoms with Crippen molar-refractivity contribution in [3.8, 4) is 0 Å². The summed E-state index contributed by atoms with van der Waals surface area (Å²) in [5.41, 5.74) is 5.72. The highest BCUT2D eigenvalue weighted by molar-refractivity contribution is 7.89. The summed E-state index contributed by atoms with van der Waals surface area (Å²) in [7, 11) is -3.67. The van der Waals surface area contributed by atoms with E-state index < -0.39 is 10.0 Å². The van der Waals surface area contributed by atoms with Crippen LogP contribution in [0.5, 0.6) is 0 Å². The third-order valence-corrected chi connectivity index (χ3v) is 4.88. The molecular formula is C13H21ClN2O3S. The van der Waals surface area contributed by atoms with Gasteiger partial charge in [-0.3, -0.25) is 0 Å². The molecule has 0 atom stereocenters. The van der Waals surface area contributed by atoms with Crippen molar-refractivity contribution in [1.29, 1.82) is 0 Å². The first-order valence-corrected chi connectivity index (χ1v) is 8.20. The van der Waals surface area contributed by atoms with Crippen LogP contribution in [0.2, 0.25) is 5.02 Å². The Morgan fingerprint density at radius 1 is 1.40 bits per heavy atom. The number of sulfonamides is 1. The lowest BCUT2D eigenvalue weighted by atomic mass is 9.88. The molecule has 0 aliphatic carbocycles. The van der Waals surface area contributed by atoms with E-state index in [1.165, 1.54) is 18.2 Å². The quantitative estimate of drug-likeness (QED) is 0.670. The van der Waals surface area contributed by atoms with Crippen LogP contribution < -0.4 is 10.5 Å². The van der Waals surface area contributed by atoms with Crippen LogP contribution >= 0.6 is 11.6 Å². The van der Waals surface area contributed by atoms with E-state index in [1.54, 1.807) is 0 Å². The topological polar surface area (TPSA) is 92.4 Å². The molecule has 1 aromatic carbocycles. The van der Waals surface area contributed by atoms with Crippen molar-refractivity contribution in [1.82, 2.24) is 4.72 Å². The fraction of sp³-hybridized carbons (Fsp3) is 0.538. The highest BCUT2D eigenvalue weighted by Crippen LogP contribution is 2.25. The van der Waals surface area contributed by atoms with Gasteiger partial charge >= 0.3 is 0 Å². The van der Waals surface area contributed by atoms with Crippen molar-refractivity contribution in [2.45, 2.75) is 31.6 Å². The van der Waals surface area contributed by atoms with E-state index in [0.29, 0.717) is 12.1 Å². The predicted molar refractivity (Wildman–Crippen MR) is 81.2 cm³/mol. The van der Waals surface area contributed by atoms with Crippen molar-refractivity contribution in [2.24, 2.45) is 5.41 Å². The fourth-order valence-electron chi connectivity index (χ4n) is 1.75. The van der Waals surface area contributed by atoms with E-state index >= 15 is 0 Å². The first-order valence-electron chi connectivity index (χ1n) is 6.33. The van der Waals surface area contributed by atoms with E-state index in [2.05, 4.69) is 4.72 Å². The van der Waals surface area contributed by atoms with Gasteiger partial charge in [0.15, 0.2) is 0 Å². The second kappa shape index (κ2) is 6.76. The van der Waals surface area contributed by atoms with E-state index in [4.69, 9.17) is 22.4 Å². The number of nitrogens with two attached hydrogens (primary N) is 1. The van der Waals surface area contributed by atoms with Gasteiger partial charge in [-0.1, -0.05) is 25.4 Å². The molecule has 4 N–H and O–H groups in total. The zero-order valence-electron chi connectivity index (χ0n) is 11.7. The largest absolute Gasteiger partial charge is 0.399 e. The third kappa shape index (κ3) is 4.94. The molecule has 0 aromatic heterocycles. The molecule has 0 radical (unpaired) electrons. The molecule has 0 spiro atoms. The van der Waals surface area contributed by atoms with Crippen LogP contribution in [0, 0.1) is 5.41 Å². The number of nitrogen functional groups attached to an aromatic ring is 1. The Hall–Kier alpha value is -0.820. The summed E-state index contributed by atoms with van der Waals surface area (Å²) in [6.07, 6.45) is 1.36. The summed E-state index contributed by atoms with van der Waals surface area (Å²) in [6, 6.07) is 4.30. The van der Waals surface area contributed by atoms with Gasteiger partial charge in [0.2, 0.25) is 10.0 Å². The van der Waals surface area contributed by atoms with Crippen molar-refractivity contribution >= 4 is 27.3 Å². The van der Waals surface area contributed by atoms with E-state index in [1.807, 2.05) is 13.8 Å². The van der Waals surface area contributed by atoms with Crippen LogP contribution in [0.1, 0.15) is 26.7 Å². The maximum absolute atomic E-state index is 12.2. The van der Waals surface area contributed by atoms with Crippen LogP contribution in [0.3, 0.4) is 0 Å². The highest BCUT2D eigenvalue weighted by Gasteiger charge is 2.23. The number of aliphatic hydroxyl groups is 1. The summed E-state index contributed by atoms with van der Waals surface area (Å²) in [5, 5.41) is 8.93. The molecule has 0 unspecified atom stereocenters. The molecule has 1 aromatic rings.